The summed E-state index contributed by atoms with van der Waals surface area (Å²) in [5.41, 5.74) is 0.921. The lowest BCUT2D eigenvalue weighted by atomic mass is 10.5. The Labute approximate surface area is 75.2 Å². The molecule has 1 heterocycles. The quantitative estimate of drug-likeness (QED) is 0.713. The number of thioether (sulfide) groups is 1. The second kappa shape index (κ2) is 4.82. The fourth-order valence-corrected chi connectivity index (χ4v) is 1.12. The lowest BCUT2D eigenvalue weighted by Gasteiger charge is -2.00. The number of rotatable bonds is 4. The normalized spacial score (nSPS) is 9.75. The largest absolute Gasteiger partial charge is 0.350 e. The van der Waals surface area contributed by atoms with Crippen LogP contribution in [-0.4, -0.2) is 27.9 Å². The Morgan fingerprint density at radius 2 is 2.67 bits per heavy atom. The Hall–Kier alpha value is -0.970. The molecule has 0 aliphatic carbocycles. The smallest absolute Gasteiger partial charge is 0.230 e. The summed E-state index contributed by atoms with van der Waals surface area (Å²) in [7, 11) is 0. The van der Waals surface area contributed by atoms with E-state index in [2.05, 4.69) is 15.3 Å². The van der Waals surface area contributed by atoms with Crippen LogP contribution in [0.15, 0.2) is 12.5 Å². The van der Waals surface area contributed by atoms with Crippen LogP contribution in [0.5, 0.6) is 0 Å². The molecule has 1 aromatic heterocycles. The summed E-state index contributed by atoms with van der Waals surface area (Å²) >= 11 is 1.51. The van der Waals surface area contributed by atoms with Crippen molar-refractivity contribution in [1.82, 2.24) is 15.3 Å². The number of carbonyl (C=O) groups excluding carboxylic acids is 1. The van der Waals surface area contributed by atoms with Crippen LogP contribution in [-0.2, 0) is 11.3 Å². The number of H-pyrrole nitrogens is 1. The number of nitrogens with zero attached hydrogens (tertiary/aromatic N) is 1. The van der Waals surface area contributed by atoms with Gasteiger partial charge in [0.2, 0.25) is 5.91 Å². The minimum Gasteiger partial charge on any atom is -0.350 e. The van der Waals surface area contributed by atoms with E-state index in [1.807, 2.05) is 6.26 Å². The number of hydrogen-bond acceptors (Lipinski definition) is 3. The maximum Gasteiger partial charge on any atom is 0.230 e. The topological polar surface area (TPSA) is 57.8 Å². The van der Waals surface area contributed by atoms with Crippen molar-refractivity contribution in [3.63, 3.8) is 0 Å². The minimum atomic E-state index is 0.0529. The van der Waals surface area contributed by atoms with Gasteiger partial charge in [-0.25, -0.2) is 4.98 Å². The molecule has 5 heteroatoms. The number of aromatic amines is 1. The summed E-state index contributed by atoms with van der Waals surface area (Å²) in [4.78, 5) is 17.7. The highest BCUT2D eigenvalue weighted by Gasteiger charge is 1.99. The number of aromatic nitrogens is 2. The Balaban J connectivity index is 2.22. The van der Waals surface area contributed by atoms with Crippen LogP contribution in [0.3, 0.4) is 0 Å². The predicted octanol–water partition coefficient (Wildman–Crippen LogP) is 0.389. The molecule has 2 N–H and O–H groups in total. The minimum absolute atomic E-state index is 0.0529. The summed E-state index contributed by atoms with van der Waals surface area (Å²) in [6.07, 6.45) is 5.19. The maximum atomic E-state index is 11.0. The van der Waals surface area contributed by atoms with Gasteiger partial charge in [0.15, 0.2) is 0 Å². The number of imidazole rings is 1. The first-order chi connectivity index (χ1) is 5.83. The first kappa shape index (κ1) is 9.12. The van der Waals surface area contributed by atoms with Crippen molar-refractivity contribution in [2.75, 3.05) is 12.0 Å². The van der Waals surface area contributed by atoms with Crippen molar-refractivity contribution >= 4 is 17.7 Å². The molecule has 0 fully saturated rings. The third kappa shape index (κ3) is 2.96. The van der Waals surface area contributed by atoms with Crippen LogP contribution in [0.25, 0.3) is 0 Å². The Bertz CT molecular complexity index is 235. The van der Waals surface area contributed by atoms with Crippen molar-refractivity contribution in [3.05, 3.63) is 18.2 Å². The molecule has 12 heavy (non-hydrogen) atoms. The first-order valence-electron chi connectivity index (χ1n) is 3.56. The molecule has 0 radical (unpaired) electrons. The van der Waals surface area contributed by atoms with E-state index >= 15 is 0 Å². The standard InChI is InChI=1S/C7H11N3OS/c1-12-4-7(11)9-3-6-2-8-5-10-6/h2,5H,3-4H2,1H3,(H,8,10)(H,9,11). The predicted molar refractivity (Wildman–Crippen MR) is 48.8 cm³/mol. The fourth-order valence-electron chi connectivity index (χ4n) is 0.757. The van der Waals surface area contributed by atoms with E-state index in [4.69, 9.17) is 0 Å². The van der Waals surface area contributed by atoms with Gasteiger partial charge in [0.1, 0.15) is 0 Å². The molecule has 66 valence electrons. The van der Waals surface area contributed by atoms with Gasteiger partial charge in [0, 0.05) is 6.20 Å². The van der Waals surface area contributed by atoms with Gasteiger partial charge in [-0.2, -0.15) is 11.8 Å². The molecule has 0 aromatic carbocycles. The van der Waals surface area contributed by atoms with Crippen LogP contribution >= 0.6 is 11.8 Å². The van der Waals surface area contributed by atoms with Gasteiger partial charge in [0.25, 0.3) is 0 Å². The summed E-state index contributed by atoms with van der Waals surface area (Å²) in [5, 5.41) is 2.75. The summed E-state index contributed by atoms with van der Waals surface area (Å²) in [5.74, 6) is 0.561. The molecule has 1 aromatic rings. The molecule has 0 unspecified atom stereocenters. The Kier molecular flexibility index (Phi) is 3.66. The second-order valence-corrected chi connectivity index (χ2v) is 3.15. The van der Waals surface area contributed by atoms with Gasteiger partial charge < -0.3 is 10.3 Å². The van der Waals surface area contributed by atoms with Gasteiger partial charge >= 0.3 is 0 Å². The van der Waals surface area contributed by atoms with Gasteiger partial charge in [-0.3, -0.25) is 4.79 Å². The molecular formula is C7H11N3OS. The lowest BCUT2D eigenvalue weighted by molar-refractivity contribution is -0.118. The van der Waals surface area contributed by atoms with Crippen LogP contribution in [0.4, 0.5) is 0 Å². The zero-order chi connectivity index (χ0) is 8.81. The number of hydrogen-bond donors (Lipinski definition) is 2. The van der Waals surface area contributed by atoms with E-state index in [9.17, 15) is 4.79 Å². The molecule has 0 atom stereocenters. The second-order valence-electron chi connectivity index (χ2n) is 2.29. The van der Waals surface area contributed by atoms with Crippen LogP contribution in [0, 0.1) is 0 Å². The number of carbonyl (C=O) groups is 1. The van der Waals surface area contributed by atoms with Crippen LogP contribution in [0.2, 0.25) is 0 Å². The average molecular weight is 185 g/mol. The molecule has 0 spiro atoms. The van der Waals surface area contributed by atoms with Crippen molar-refractivity contribution in [3.8, 4) is 0 Å². The van der Waals surface area contributed by atoms with Gasteiger partial charge in [0.05, 0.1) is 24.3 Å². The molecule has 0 aliphatic heterocycles. The third-order valence-electron chi connectivity index (χ3n) is 1.31. The molecule has 1 rings (SSSR count). The SMILES string of the molecule is CSCC(=O)NCc1cnc[nH]1. The van der Waals surface area contributed by atoms with E-state index < -0.39 is 0 Å². The number of amides is 1. The molecule has 4 nitrogen and oxygen atoms in total. The molecule has 0 bridgehead atoms. The highest BCUT2D eigenvalue weighted by Crippen LogP contribution is 1.92. The van der Waals surface area contributed by atoms with E-state index in [0.29, 0.717) is 12.3 Å². The third-order valence-corrected chi connectivity index (χ3v) is 1.86. The van der Waals surface area contributed by atoms with Gasteiger partial charge in [-0.05, 0) is 6.26 Å². The highest BCUT2D eigenvalue weighted by molar-refractivity contribution is 7.99. The van der Waals surface area contributed by atoms with Gasteiger partial charge in [-0.1, -0.05) is 0 Å². The van der Waals surface area contributed by atoms with E-state index in [1.165, 1.54) is 11.8 Å². The van der Waals surface area contributed by atoms with Gasteiger partial charge in [-0.15, -0.1) is 0 Å². The fraction of sp³-hybridized carbons (Fsp3) is 0.429. The average Bonchev–Trinajstić information content (AvgIpc) is 2.53. The first-order valence-corrected chi connectivity index (χ1v) is 4.95. The van der Waals surface area contributed by atoms with Crippen molar-refractivity contribution in [1.29, 1.82) is 0 Å². The summed E-state index contributed by atoms with van der Waals surface area (Å²) in [6.45, 7) is 0.527. The van der Waals surface area contributed by atoms with Crippen molar-refractivity contribution < 1.29 is 4.79 Å². The van der Waals surface area contributed by atoms with Crippen LogP contribution in [0.1, 0.15) is 5.69 Å². The summed E-state index contributed by atoms with van der Waals surface area (Å²) in [6, 6.07) is 0. The zero-order valence-electron chi connectivity index (χ0n) is 6.83. The van der Waals surface area contributed by atoms with Crippen LogP contribution < -0.4 is 5.32 Å². The Morgan fingerprint density at radius 1 is 1.83 bits per heavy atom. The van der Waals surface area contributed by atoms with Crippen molar-refractivity contribution in [2.45, 2.75) is 6.54 Å². The zero-order valence-corrected chi connectivity index (χ0v) is 7.65. The van der Waals surface area contributed by atoms with E-state index in [0.717, 1.165) is 5.69 Å². The van der Waals surface area contributed by atoms with E-state index in [1.54, 1.807) is 12.5 Å². The molecule has 0 saturated heterocycles. The summed E-state index contributed by atoms with van der Waals surface area (Å²) < 4.78 is 0. The maximum absolute atomic E-state index is 11.0. The van der Waals surface area contributed by atoms with Crippen molar-refractivity contribution in [2.24, 2.45) is 0 Å². The molecule has 1 amide bonds. The van der Waals surface area contributed by atoms with E-state index in [-0.39, 0.29) is 5.91 Å². The molecule has 0 aliphatic rings. The molecular weight excluding hydrogens is 174 g/mol. The highest BCUT2D eigenvalue weighted by atomic mass is 32.2. The lowest BCUT2D eigenvalue weighted by Crippen LogP contribution is -2.24. The monoisotopic (exact) mass is 185 g/mol. The Morgan fingerprint density at radius 3 is 3.25 bits per heavy atom. The molecule has 0 saturated carbocycles. The number of nitrogens with one attached hydrogen (secondary N) is 2.